The largest absolute Gasteiger partial charge is 0.378 e. The summed E-state index contributed by atoms with van der Waals surface area (Å²) in [4.78, 5) is 18.4. The number of hydrogen-bond acceptors (Lipinski definition) is 5. The van der Waals surface area contributed by atoms with Gasteiger partial charge in [-0.2, -0.15) is 0 Å². The van der Waals surface area contributed by atoms with Crippen LogP contribution in [0.15, 0.2) is 73.1 Å². The molecule has 7 nitrogen and oxygen atoms in total. The fraction of sp³-hybridized carbons (Fsp3) is 0.259. The highest BCUT2D eigenvalue weighted by Gasteiger charge is 2.15. The highest BCUT2D eigenvalue weighted by molar-refractivity contribution is 5.89. The van der Waals surface area contributed by atoms with E-state index in [1.54, 1.807) is 0 Å². The first-order chi connectivity index (χ1) is 16.7. The Morgan fingerprint density at radius 2 is 1.85 bits per heavy atom. The van der Waals surface area contributed by atoms with Gasteiger partial charge in [-0.05, 0) is 54.0 Å². The molecule has 174 valence electrons. The van der Waals surface area contributed by atoms with E-state index in [0.29, 0.717) is 6.54 Å². The van der Waals surface area contributed by atoms with Crippen LogP contribution >= 0.6 is 0 Å². The van der Waals surface area contributed by atoms with Crippen LogP contribution < -0.4 is 15.5 Å². The van der Waals surface area contributed by atoms with Crippen LogP contribution in [0.4, 0.5) is 17.1 Å². The lowest BCUT2D eigenvalue weighted by atomic mass is 10.0. The molecule has 0 atom stereocenters. The second-order valence-corrected chi connectivity index (χ2v) is 8.49. The van der Waals surface area contributed by atoms with Gasteiger partial charge in [0.15, 0.2) is 5.82 Å². The van der Waals surface area contributed by atoms with Crippen LogP contribution in [0.2, 0.25) is 0 Å². The van der Waals surface area contributed by atoms with Gasteiger partial charge in [-0.15, -0.1) is 0 Å². The normalized spacial score (nSPS) is 19.0. The SMILES string of the molecule is CC(=O)Nc1cccc(/C2=C/C/C=C(/Nc3ccc(N4CCOCC4)cc3)c3nccn3C2)c1. The molecule has 1 fully saturated rings. The number of rotatable bonds is 5. The van der Waals surface area contributed by atoms with Gasteiger partial charge < -0.3 is 24.8 Å². The number of carbonyl (C=O) groups excluding carboxylic acids is 1. The number of allylic oxidation sites excluding steroid dienone is 3. The molecule has 0 aliphatic carbocycles. The first-order valence-corrected chi connectivity index (χ1v) is 11.6. The van der Waals surface area contributed by atoms with Crippen LogP contribution in [0.5, 0.6) is 0 Å². The van der Waals surface area contributed by atoms with Gasteiger partial charge in [-0.3, -0.25) is 4.79 Å². The van der Waals surface area contributed by atoms with Crippen LogP contribution in [-0.4, -0.2) is 41.8 Å². The third kappa shape index (κ3) is 5.05. The van der Waals surface area contributed by atoms with Gasteiger partial charge in [-0.25, -0.2) is 4.98 Å². The Hall–Kier alpha value is -3.84. The number of morpholine rings is 1. The molecule has 0 unspecified atom stereocenters. The summed E-state index contributed by atoms with van der Waals surface area (Å²) in [6, 6.07) is 16.5. The quantitative estimate of drug-likeness (QED) is 0.588. The van der Waals surface area contributed by atoms with E-state index in [2.05, 4.69) is 67.6 Å². The topological polar surface area (TPSA) is 71.4 Å². The first kappa shape index (κ1) is 22.0. The molecule has 0 spiro atoms. The van der Waals surface area contributed by atoms with Crippen LogP contribution in [0, 0.1) is 0 Å². The summed E-state index contributed by atoms with van der Waals surface area (Å²) in [5, 5.41) is 6.43. The van der Waals surface area contributed by atoms with Crippen molar-refractivity contribution in [2.24, 2.45) is 0 Å². The molecule has 1 aromatic heterocycles. The van der Waals surface area contributed by atoms with Gasteiger partial charge in [0, 0.05) is 56.0 Å². The summed E-state index contributed by atoms with van der Waals surface area (Å²) in [6.45, 7) is 5.64. The second kappa shape index (κ2) is 9.97. The van der Waals surface area contributed by atoms with Crippen LogP contribution in [-0.2, 0) is 16.1 Å². The summed E-state index contributed by atoms with van der Waals surface area (Å²) in [5.41, 5.74) is 6.33. The average Bonchev–Trinajstić information content (AvgIpc) is 3.29. The van der Waals surface area contributed by atoms with Gasteiger partial charge in [0.25, 0.3) is 0 Å². The minimum Gasteiger partial charge on any atom is -0.378 e. The van der Waals surface area contributed by atoms with E-state index < -0.39 is 0 Å². The van der Waals surface area contributed by atoms with Crippen molar-refractivity contribution < 1.29 is 9.53 Å². The van der Waals surface area contributed by atoms with Gasteiger partial charge in [0.1, 0.15) is 0 Å². The molecule has 2 aliphatic heterocycles. The summed E-state index contributed by atoms with van der Waals surface area (Å²) < 4.78 is 7.61. The first-order valence-electron chi connectivity index (χ1n) is 11.6. The summed E-state index contributed by atoms with van der Waals surface area (Å²) >= 11 is 0. The molecule has 0 bridgehead atoms. The Labute approximate surface area is 199 Å². The zero-order valence-corrected chi connectivity index (χ0v) is 19.3. The summed E-state index contributed by atoms with van der Waals surface area (Å²) in [7, 11) is 0. The number of anilines is 3. The highest BCUT2D eigenvalue weighted by Crippen LogP contribution is 2.27. The molecule has 3 heterocycles. The van der Waals surface area contributed by atoms with Crippen LogP contribution in [0.25, 0.3) is 11.3 Å². The maximum Gasteiger partial charge on any atom is 0.221 e. The molecule has 2 aliphatic rings. The van der Waals surface area contributed by atoms with E-state index in [0.717, 1.165) is 61.2 Å². The van der Waals surface area contributed by atoms with Crippen molar-refractivity contribution in [2.75, 3.05) is 41.8 Å². The number of carbonyl (C=O) groups is 1. The molecule has 5 rings (SSSR count). The van der Waals surface area contributed by atoms with Gasteiger partial charge in [-0.1, -0.05) is 24.3 Å². The maximum absolute atomic E-state index is 11.5. The Bertz CT molecular complexity index is 1220. The van der Waals surface area contributed by atoms with Crippen molar-refractivity contribution >= 4 is 34.2 Å². The molecule has 2 N–H and O–H groups in total. The number of ether oxygens (including phenoxy) is 1. The van der Waals surface area contributed by atoms with Crippen LogP contribution in [0.3, 0.4) is 0 Å². The number of nitrogens with zero attached hydrogens (tertiary/aromatic N) is 3. The predicted molar refractivity (Wildman–Crippen MR) is 137 cm³/mol. The van der Waals surface area contributed by atoms with E-state index in [4.69, 9.17) is 4.74 Å². The lowest BCUT2D eigenvalue weighted by molar-refractivity contribution is -0.114. The number of hydrogen-bond donors (Lipinski definition) is 2. The van der Waals surface area contributed by atoms with E-state index in [-0.39, 0.29) is 5.91 Å². The Kier molecular flexibility index (Phi) is 6.44. The van der Waals surface area contributed by atoms with Crippen molar-refractivity contribution in [3.8, 4) is 0 Å². The van der Waals surface area contributed by atoms with Crippen molar-refractivity contribution in [2.45, 2.75) is 19.9 Å². The van der Waals surface area contributed by atoms with Gasteiger partial charge in [0.2, 0.25) is 5.91 Å². The van der Waals surface area contributed by atoms with E-state index >= 15 is 0 Å². The number of imidazole rings is 1. The van der Waals surface area contributed by atoms with E-state index in [9.17, 15) is 4.79 Å². The summed E-state index contributed by atoms with van der Waals surface area (Å²) in [5.74, 6) is 0.832. The van der Waals surface area contributed by atoms with E-state index in [1.807, 2.05) is 30.6 Å². The molecule has 34 heavy (non-hydrogen) atoms. The third-order valence-corrected chi connectivity index (χ3v) is 6.06. The van der Waals surface area contributed by atoms with Crippen molar-refractivity contribution in [3.05, 3.63) is 84.5 Å². The fourth-order valence-corrected chi connectivity index (χ4v) is 4.39. The monoisotopic (exact) mass is 455 g/mol. The number of amides is 1. The Morgan fingerprint density at radius 1 is 1.03 bits per heavy atom. The van der Waals surface area contributed by atoms with Crippen LogP contribution in [0.1, 0.15) is 24.7 Å². The zero-order valence-electron chi connectivity index (χ0n) is 19.3. The minimum absolute atomic E-state index is 0.0719. The van der Waals surface area contributed by atoms with Gasteiger partial charge in [0.05, 0.1) is 18.9 Å². The molecule has 3 aromatic rings. The number of fused-ring (bicyclic) bond motifs is 1. The van der Waals surface area contributed by atoms with Crippen molar-refractivity contribution in [1.82, 2.24) is 9.55 Å². The molecule has 1 amide bonds. The molecule has 2 aromatic carbocycles. The number of nitrogens with one attached hydrogen (secondary N) is 2. The summed E-state index contributed by atoms with van der Waals surface area (Å²) in [6.07, 6.45) is 9.03. The smallest absolute Gasteiger partial charge is 0.221 e. The fourth-order valence-electron chi connectivity index (χ4n) is 4.39. The molecular formula is C27H29N5O2. The molecule has 0 saturated carbocycles. The lowest BCUT2D eigenvalue weighted by Gasteiger charge is -2.29. The standard InChI is InChI=1S/C27H29N5O2/c1-20(33)29-24-6-2-4-21(18-24)22-5-3-7-26(27-28-12-13-32(27)19-22)30-23-8-10-25(11-9-23)31-14-16-34-17-15-31/h2,4-13,18,30H,3,14-17,19H2,1H3,(H,29,33)/b22-5+,26-7+. The molecule has 1 saturated heterocycles. The molecule has 0 radical (unpaired) electrons. The van der Waals surface area contributed by atoms with Crippen molar-refractivity contribution in [3.63, 3.8) is 0 Å². The lowest BCUT2D eigenvalue weighted by Crippen LogP contribution is -2.36. The maximum atomic E-state index is 11.5. The second-order valence-electron chi connectivity index (χ2n) is 8.49. The number of benzene rings is 2. The molecular weight excluding hydrogens is 426 g/mol. The molecule has 7 heteroatoms. The minimum atomic E-state index is -0.0719. The Balaban J connectivity index is 1.35. The van der Waals surface area contributed by atoms with Crippen molar-refractivity contribution in [1.29, 1.82) is 0 Å². The average molecular weight is 456 g/mol. The number of aromatic nitrogens is 2. The Morgan fingerprint density at radius 3 is 2.65 bits per heavy atom. The highest BCUT2D eigenvalue weighted by atomic mass is 16.5. The van der Waals surface area contributed by atoms with E-state index in [1.165, 1.54) is 18.2 Å². The third-order valence-electron chi connectivity index (χ3n) is 6.06. The zero-order chi connectivity index (χ0) is 23.3. The van der Waals surface area contributed by atoms with Gasteiger partial charge >= 0.3 is 0 Å². The predicted octanol–water partition coefficient (Wildman–Crippen LogP) is 4.62.